The molecular weight excluding hydrogens is 981 g/mol. The molecule has 19 heteroatoms. The number of hydrogen-bond donors (Lipinski definition) is 3. The third-order valence-corrected chi connectivity index (χ3v) is 17.3. The number of carbonyl (C=O) groups is 5. The van der Waals surface area contributed by atoms with Crippen molar-refractivity contribution in [3.05, 3.63) is 86.8 Å². The normalized spacial score (nSPS) is 37.7. The molecule has 9 rings (SSSR count). The van der Waals surface area contributed by atoms with Gasteiger partial charge in [0.25, 0.3) is 11.7 Å². The molecule has 416 valence electrons. The smallest absolute Gasteiger partial charge is 0.352 e. The number of methoxy groups -OCH3 is 2. The van der Waals surface area contributed by atoms with Crippen LogP contribution >= 0.6 is 0 Å². The second-order valence-electron chi connectivity index (χ2n) is 22.6. The molecule has 19 nitrogen and oxygen atoms in total. The number of piperidine rings is 1. The molecule has 3 N–H and O–H groups in total. The van der Waals surface area contributed by atoms with Crippen LogP contribution < -0.4 is 11.4 Å². The number of carbonyl (C=O) groups excluding carboxylic acids is 5. The summed E-state index contributed by atoms with van der Waals surface area (Å²) in [4.78, 5) is 103. The van der Waals surface area contributed by atoms with Crippen molar-refractivity contribution in [2.45, 2.75) is 191 Å². The first kappa shape index (κ1) is 57.0. The fourth-order valence-electron chi connectivity index (χ4n) is 12.7. The van der Waals surface area contributed by atoms with Gasteiger partial charge in [0.15, 0.2) is 11.6 Å². The number of aromatic nitrogens is 3. The Balaban J connectivity index is 1.19. The van der Waals surface area contributed by atoms with Gasteiger partial charge in [0.2, 0.25) is 5.79 Å². The third-order valence-electron chi connectivity index (χ3n) is 17.3. The van der Waals surface area contributed by atoms with Crippen LogP contribution in [0.15, 0.2) is 75.4 Å². The van der Waals surface area contributed by atoms with Gasteiger partial charge in [0, 0.05) is 45.4 Å². The predicted octanol–water partition coefficient (Wildman–Crippen LogP) is 4.65. The molecule has 1 saturated carbocycles. The fraction of sp³-hybridized carbons (Fsp3) is 0.667. The number of ketones is 3. The van der Waals surface area contributed by atoms with Gasteiger partial charge in [-0.15, -0.1) is 0 Å². The van der Waals surface area contributed by atoms with Gasteiger partial charge < -0.3 is 43.9 Å². The Morgan fingerprint density at radius 3 is 2.17 bits per heavy atom. The van der Waals surface area contributed by atoms with Crippen molar-refractivity contribution in [1.29, 1.82) is 0 Å². The van der Waals surface area contributed by atoms with E-state index >= 15 is 0 Å². The number of Topliss-reactive ketones (excluding diaryl/α,β-unsaturated/α-hetero) is 3. The first-order valence-corrected chi connectivity index (χ1v) is 27.3. The van der Waals surface area contributed by atoms with Gasteiger partial charge in [-0.2, -0.15) is 0 Å². The lowest BCUT2D eigenvalue weighted by atomic mass is 9.78. The minimum Gasteiger partial charge on any atom is -0.460 e. The summed E-state index contributed by atoms with van der Waals surface area (Å²) in [5, 5.41) is 35.2. The summed E-state index contributed by atoms with van der Waals surface area (Å²) >= 11 is 0. The van der Waals surface area contributed by atoms with E-state index in [-0.39, 0.29) is 49.6 Å². The highest BCUT2D eigenvalue weighted by molar-refractivity contribution is 6.39. The molecule has 2 aromatic rings. The number of hydrogen-bond acceptors (Lipinski definition) is 15. The molecule has 7 heterocycles. The van der Waals surface area contributed by atoms with Gasteiger partial charge in [0.05, 0.1) is 42.2 Å². The second kappa shape index (κ2) is 23.8. The Bertz CT molecular complexity index is 2690. The van der Waals surface area contributed by atoms with Crippen LogP contribution in [0.25, 0.3) is 5.69 Å². The molecule has 1 aromatic heterocycles. The van der Waals surface area contributed by atoms with Crippen molar-refractivity contribution in [3.63, 3.8) is 0 Å². The van der Waals surface area contributed by atoms with Crippen LogP contribution in [0.3, 0.4) is 0 Å². The van der Waals surface area contributed by atoms with E-state index < -0.39 is 131 Å². The van der Waals surface area contributed by atoms with E-state index in [1.54, 1.807) is 57.2 Å². The van der Waals surface area contributed by atoms with E-state index in [0.717, 1.165) is 9.47 Å². The number of allylic oxidation sites excluding steroid dienone is 3. The molecule has 1 aliphatic carbocycles. The molecule has 8 bridgehead atoms. The number of benzene rings is 1. The minimum atomic E-state index is -2.55. The summed E-state index contributed by atoms with van der Waals surface area (Å²) in [6.07, 6.45) is 2.55. The summed E-state index contributed by atoms with van der Waals surface area (Å²) in [7, 11) is 2.81. The van der Waals surface area contributed by atoms with Crippen LogP contribution in [0.4, 0.5) is 0 Å². The van der Waals surface area contributed by atoms with Crippen LogP contribution in [0.5, 0.6) is 0 Å². The number of fused-ring (bicyclic) bond motifs is 12. The zero-order valence-electron chi connectivity index (χ0n) is 45.2. The maximum absolute atomic E-state index is 14.6. The average Bonchev–Trinajstić information content (AvgIpc) is 3.70. The molecule has 0 radical (unpaired) electrons. The van der Waals surface area contributed by atoms with Gasteiger partial charge in [-0.05, 0) is 125 Å². The zero-order valence-corrected chi connectivity index (χ0v) is 45.2. The van der Waals surface area contributed by atoms with E-state index in [0.29, 0.717) is 62.6 Å². The molecule has 1 amide bonds. The highest BCUT2D eigenvalue weighted by atomic mass is 16.6. The molecule has 12 unspecified atom stereocenters. The van der Waals surface area contributed by atoms with Crippen LogP contribution in [-0.4, -0.2) is 145 Å². The second-order valence-corrected chi connectivity index (χ2v) is 22.6. The number of amides is 1. The number of para-hydroxylation sites is 1. The molecule has 76 heavy (non-hydrogen) atoms. The SMILES string of the molecule is COC1CC2CC[C@@H](C)[C@@](O)(O2)C(=O)C(=O)N2CCCC[C@H]2C(=O)OC2CC(=O)C(C=C(C)[C@@H](O)C(OC)C(=O)[C@H](C)CC(C)C3C=CC(C=C1C)n1c(=O)n(-c4ccccc4)c(=O)n13)OC1CC(CCC1O)CC2C. The van der Waals surface area contributed by atoms with Crippen LogP contribution in [-0.2, 0) is 47.7 Å². The Hall–Kier alpha value is -5.15. The highest BCUT2D eigenvalue weighted by Gasteiger charge is 2.53. The van der Waals surface area contributed by atoms with Crippen LogP contribution in [0, 0.1) is 29.6 Å². The fourth-order valence-corrected chi connectivity index (χ4v) is 12.7. The molecule has 0 spiro atoms. The monoisotopic (exact) mass is 1060 g/mol. The standard InChI is InChI=1S/C57H78N4O15/c1-31-24-34(4)49(64)51(73-8)50(65)35(5)27-47-44(63)30-46(32(2)25-37-18-22-43(62)48(28-37)74-47)75-54(68)42-16-12-13-23-58(42)53(67)52(66)57(71)36(6)17-20-40(76-57)29-45(72-7)33(3)26-39-19-21-41(31)61-56(70)59(55(69)60(39)61)38-14-10-9-11-15-38/h9-11,14-15,19,21,26-27,31-32,34,36-37,39-43,45-48,50-51,62,65,71H,12-13,16-18,20,22-25,28-30H2,1-8H3/t31?,32?,34-,36-,37?,39?,40?,41?,42+,43?,45?,46?,47?,48?,50-,51?,57-/m1/s1. The zero-order chi connectivity index (χ0) is 54.9. The van der Waals surface area contributed by atoms with Crippen LogP contribution in [0.1, 0.15) is 131 Å². The van der Waals surface area contributed by atoms with Crippen molar-refractivity contribution in [3.8, 4) is 5.69 Å². The van der Waals surface area contributed by atoms with E-state index in [9.17, 15) is 48.9 Å². The van der Waals surface area contributed by atoms with Crippen molar-refractivity contribution in [2.75, 3.05) is 20.8 Å². The largest absolute Gasteiger partial charge is 0.460 e. The summed E-state index contributed by atoms with van der Waals surface area (Å²) < 4.78 is 34.5. The topological polar surface area (TPSA) is 244 Å². The Kier molecular flexibility index (Phi) is 17.9. The lowest BCUT2D eigenvalue weighted by molar-refractivity contribution is -0.265. The van der Waals surface area contributed by atoms with E-state index in [4.69, 9.17) is 23.7 Å². The average molecular weight is 1060 g/mol. The van der Waals surface area contributed by atoms with Gasteiger partial charge in [0.1, 0.15) is 30.5 Å². The number of ether oxygens (including phenoxy) is 5. The number of aliphatic hydroxyl groups excluding tert-OH is 2. The number of nitrogens with zero attached hydrogens (tertiary/aromatic N) is 4. The van der Waals surface area contributed by atoms with E-state index in [1.807, 2.05) is 32.9 Å². The highest BCUT2D eigenvalue weighted by Crippen LogP contribution is 2.39. The molecule has 7 aliphatic rings. The maximum atomic E-state index is 14.6. The van der Waals surface area contributed by atoms with Crippen molar-refractivity contribution >= 4 is 29.2 Å². The summed E-state index contributed by atoms with van der Waals surface area (Å²) in [5.41, 5.74) is -0.00318. The third kappa shape index (κ3) is 11.5. The molecule has 17 atom stereocenters. The Labute approximate surface area is 443 Å². The summed E-state index contributed by atoms with van der Waals surface area (Å²) in [6.45, 7) is 10.5. The molecular formula is C57H78N4O15. The summed E-state index contributed by atoms with van der Waals surface area (Å²) in [5.74, 6) is -8.89. The molecule has 4 fully saturated rings. The van der Waals surface area contributed by atoms with E-state index in [1.165, 1.54) is 29.7 Å². The van der Waals surface area contributed by atoms with Crippen LogP contribution in [0.2, 0.25) is 0 Å². The first-order chi connectivity index (χ1) is 36.2. The van der Waals surface area contributed by atoms with Gasteiger partial charge in [-0.25, -0.2) is 28.3 Å². The first-order valence-electron chi connectivity index (χ1n) is 27.3. The number of aliphatic hydroxyl groups is 3. The van der Waals surface area contributed by atoms with Gasteiger partial charge in [-0.3, -0.25) is 19.2 Å². The Morgan fingerprint density at radius 2 is 1.46 bits per heavy atom. The summed E-state index contributed by atoms with van der Waals surface area (Å²) in [6, 6.07) is 5.85. The van der Waals surface area contributed by atoms with Crippen molar-refractivity contribution in [1.82, 2.24) is 18.8 Å². The van der Waals surface area contributed by atoms with Crippen molar-refractivity contribution < 1.29 is 63.0 Å². The molecule has 6 aliphatic heterocycles. The lowest BCUT2D eigenvalue weighted by Gasteiger charge is -2.43. The van der Waals surface area contributed by atoms with Gasteiger partial charge in [-0.1, -0.05) is 64.1 Å². The van der Waals surface area contributed by atoms with Gasteiger partial charge >= 0.3 is 17.3 Å². The predicted molar refractivity (Wildman–Crippen MR) is 277 cm³/mol. The van der Waals surface area contributed by atoms with E-state index in [2.05, 4.69) is 0 Å². The lowest BCUT2D eigenvalue weighted by Crippen LogP contribution is -2.61. The molecule has 1 aromatic carbocycles. The number of rotatable bonds is 3. The number of esters is 1. The van der Waals surface area contributed by atoms with Crippen molar-refractivity contribution in [2.24, 2.45) is 29.6 Å². The maximum Gasteiger partial charge on any atom is 0.352 e. The minimum absolute atomic E-state index is 0.0336. The molecule has 3 saturated heterocycles. The Morgan fingerprint density at radius 1 is 0.737 bits per heavy atom. The quantitative estimate of drug-likeness (QED) is 0.215.